The lowest BCUT2D eigenvalue weighted by atomic mass is 10.2. The maximum Gasteiger partial charge on any atom is 0.283 e. The van der Waals surface area contributed by atoms with Gasteiger partial charge in [0.05, 0.1) is 22.6 Å². The summed E-state index contributed by atoms with van der Waals surface area (Å²) >= 11 is 3.32. The summed E-state index contributed by atoms with van der Waals surface area (Å²) < 4.78 is 5.89. The van der Waals surface area contributed by atoms with Crippen LogP contribution >= 0.6 is 15.9 Å². The molecule has 1 fully saturated rings. The summed E-state index contributed by atoms with van der Waals surface area (Å²) in [6.45, 7) is 7.20. The number of rotatable bonds is 6. The molecule has 116 valence electrons. The van der Waals surface area contributed by atoms with Crippen LogP contribution in [0.2, 0.25) is 0 Å². The van der Waals surface area contributed by atoms with Crippen LogP contribution in [0.25, 0.3) is 0 Å². The van der Waals surface area contributed by atoms with E-state index >= 15 is 0 Å². The SMILES string of the molecule is CC(CN1CCOCC1)NCc1cccc([N+](=O)[O-])c1Br. The number of morpholine rings is 1. The molecule has 7 heteroatoms. The zero-order valence-electron chi connectivity index (χ0n) is 12.0. The molecule has 1 unspecified atom stereocenters. The molecule has 1 saturated heterocycles. The second-order valence-corrected chi connectivity index (χ2v) is 6.00. The molecule has 0 aromatic heterocycles. The van der Waals surface area contributed by atoms with Crippen molar-refractivity contribution < 1.29 is 9.66 Å². The molecule has 2 rings (SSSR count). The average molecular weight is 358 g/mol. The Morgan fingerprint density at radius 3 is 2.86 bits per heavy atom. The molecule has 1 aliphatic rings. The maximum absolute atomic E-state index is 10.9. The van der Waals surface area contributed by atoms with Crippen LogP contribution in [-0.2, 0) is 11.3 Å². The first-order valence-corrected chi connectivity index (χ1v) is 7.82. The van der Waals surface area contributed by atoms with Crippen molar-refractivity contribution in [2.24, 2.45) is 0 Å². The van der Waals surface area contributed by atoms with Crippen LogP contribution in [0.1, 0.15) is 12.5 Å². The second-order valence-electron chi connectivity index (χ2n) is 5.20. The van der Waals surface area contributed by atoms with E-state index in [-0.39, 0.29) is 10.6 Å². The molecule has 0 amide bonds. The number of hydrogen-bond donors (Lipinski definition) is 1. The Labute approximate surface area is 132 Å². The molecule has 1 aliphatic heterocycles. The zero-order chi connectivity index (χ0) is 15.2. The molecular weight excluding hydrogens is 338 g/mol. The van der Waals surface area contributed by atoms with Crippen LogP contribution < -0.4 is 5.32 Å². The number of benzene rings is 1. The van der Waals surface area contributed by atoms with E-state index in [9.17, 15) is 10.1 Å². The van der Waals surface area contributed by atoms with E-state index < -0.39 is 0 Å². The number of nitrogens with one attached hydrogen (secondary N) is 1. The van der Waals surface area contributed by atoms with Crippen LogP contribution in [0, 0.1) is 10.1 Å². The smallest absolute Gasteiger partial charge is 0.283 e. The van der Waals surface area contributed by atoms with Crippen molar-refractivity contribution in [2.75, 3.05) is 32.8 Å². The number of nitro benzene ring substituents is 1. The minimum absolute atomic E-state index is 0.107. The Hall–Kier alpha value is -1.02. The Balaban J connectivity index is 1.87. The molecule has 1 heterocycles. The monoisotopic (exact) mass is 357 g/mol. The quantitative estimate of drug-likeness (QED) is 0.624. The van der Waals surface area contributed by atoms with Crippen LogP contribution in [0.5, 0.6) is 0 Å². The van der Waals surface area contributed by atoms with Crippen LogP contribution in [-0.4, -0.2) is 48.7 Å². The summed E-state index contributed by atoms with van der Waals surface area (Å²) in [6.07, 6.45) is 0. The van der Waals surface area contributed by atoms with Crippen molar-refractivity contribution >= 4 is 21.6 Å². The fourth-order valence-electron chi connectivity index (χ4n) is 2.36. The topological polar surface area (TPSA) is 67.6 Å². The highest BCUT2D eigenvalue weighted by Crippen LogP contribution is 2.28. The Kier molecular flexibility index (Phi) is 6.10. The van der Waals surface area contributed by atoms with Crippen molar-refractivity contribution in [3.05, 3.63) is 38.3 Å². The third-order valence-electron chi connectivity index (χ3n) is 3.53. The van der Waals surface area contributed by atoms with Gasteiger partial charge in [0, 0.05) is 38.3 Å². The molecular formula is C14H20BrN3O3. The van der Waals surface area contributed by atoms with E-state index in [0.29, 0.717) is 17.1 Å². The van der Waals surface area contributed by atoms with Crippen molar-refractivity contribution in [2.45, 2.75) is 19.5 Å². The fourth-order valence-corrected chi connectivity index (χ4v) is 2.91. The van der Waals surface area contributed by atoms with Crippen molar-refractivity contribution in [1.82, 2.24) is 10.2 Å². The third-order valence-corrected chi connectivity index (χ3v) is 4.45. The van der Waals surface area contributed by atoms with Gasteiger partial charge >= 0.3 is 0 Å². The molecule has 0 spiro atoms. The first kappa shape index (κ1) is 16.4. The molecule has 1 N–H and O–H groups in total. The Bertz CT molecular complexity index is 492. The van der Waals surface area contributed by atoms with Gasteiger partial charge in [-0.2, -0.15) is 0 Å². The summed E-state index contributed by atoms with van der Waals surface area (Å²) in [5.41, 5.74) is 1.01. The largest absolute Gasteiger partial charge is 0.379 e. The van der Waals surface area contributed by atoms with Gasteiger partial charge in [0.2, 0.25) is 0 Å². The van der Waals surface area contributed by atoms with Gasteiger partial charge in [-0.15, -0.1) is 0 Å². The first-order chi connectivity index (χ1) is 10.1. The Morgan fingerprint density at radius 2 is 2.19 bits per heavy atom. The highest BCUT2D eigenvalue weighted by Gasteiger charge is 2.16. The Morgan fingerprint density at radius 1 is 1.48 bits per heavy atom. The minimum Gasteiger partial charge on any atom is -0.379 e. The summed E-state index contributed by atoms with van der Waals surface area (Å²) in [5.74, 6) is 0. The zero-order valence-corrected chi connectivity index (χ0v) is 13.6. The van der Waals surface area contributed by atoms with E-state index in [0.717, 1.165) is 38.4 Å². The summed E-state index contributed by atoms with van der Waals surface area (Å²) in [4.78, 5) is 12.9. The normalized spacial score (nSPS) is 17.6. The lowest BCUT2D eigenvalue weighted by Crippen LogP contribution is -2.44. The lowest BCUT2D eigenvalue weighted by molar-refractivity contribution is -0.385. The van der Waals surface area contributed by atoms with Gasteiger partial charge < -0.3 is 10.1 Å². The lowest BCUT2D eigenvalue weighted by Gasteiger charge is -2.29. The highest BCUT2D eigenvalue weighted by atomic mass is 79.9. The molecule has 0 saturated carbocycles. The molecule has 0 aliphatic carbocycles. The first-order valence-electron chi connectivity index (χ1n) is 7.03. The van der Waals surface area contributed by atoms with Crippen molar-refractivity contribution in [1.29, 1.82) is 0 Å². The predicted molar refractivity (Wildman–Crippen MR) is 84.4 cm³/mol. The highest BCUT2D eigenvalue weighted by molar-refractivity contribution is 9.10. The predicted octanol–water partition coefficient (Wildman–Crippen LogP) is 2.17. The molecule has 6 nitrogen and oxygen atoms in total. The van der Waals surface area contributed by atoms with Gasteiger partial charge in [0.15, 0.2) is 0 Å². The van der Waals surface area contributed by atoms with E-state index in [2.05, 4.69) is 33.1 Å². The number of ether oxygens (including phenoxy) is 1. The van der Waals surface area contributed by atoms with Gasteiger partial charge in [-0.3, -0.25) is 15.0 Å². The number of hydrogen-bond acceptors (Lipinski definition) is 5. The fraction of sp³-hybridized carbons (Fsp3) is 0.571. The van der Waals surface area contributed by atoms with Crippen molar-refractivity contribution in [3.63, 3.8) is 0 Å². The van der Waals surface area contributed by atoms with Gasteiger partial charge in [-0.25, -0.2) is 0 Å². The molecule has 1 aromatic carbocycles. The molecule has 0 bridgehead atoms. The number of nitro groups is 1. The minimum atomic E-state index is -0.370. The second kappa shape index (κ2) is 7.84. The van der Waals surface area contributed by atoms with Crippen LogP contribution in [0.15, 0.2) is 22.7 Å². The van der Waals surface area contributed by atoms with Gasteiger partial charge in [0.25, 0.3) is 5.69 Å². The molecule has 1 aromatic rings. The average Bonchev–Trinajstić information content (AvgIpc) is 2.47. The number of nitrogens with zero attached hydrogens (tertiary/aromatic N) is 2. The van der Waals surface area contributed by atoms with E-state index in [1.54, 1.807) is 6.07 Å². The van der Waals surface area contributed by atoms with Gasteiger partial charge in [-0.1, -0.05) is 12.1 Å². The van der Waals surface area contributed by atoms with Crippen LogP contribution in [0.4, 0.5) is 5.69 Å². The maximum atomic E-state index is 10.9. The molecule has 1 atom stereocenters. The van der Waals surface area contributed by atoms with E-state index in [4.69, 9.17) is 4.74 Å². The summed E-state index contributed by atoms with van der Waals surface area (Å²) in [5, 5.41) is 14.3. The summed E-state index contributed by atoms with van der Waals surface area (Å²) in [7, 11) is 0. The van der Waals surface area contributed by atoms with Crippen molar-refractivity contribution in [3.8, 4) is 0 Å². The molecule has 21 heavy (non-hydrogen) atoms. The van der Waals surface area contributed by atoms with Crippen LogP contribution in [0.3, 0.4) is 0 Å². The van der Waals surface area contributed by atoms with Gasteiger partial charge in [-0.05, 0) is 28.4 Å². The number of halogens is 1. The standard InChI is InChI=1S/C14H20BrN3O3/c1-11(10-17-5-7-21-8-6-17)16-9-12-3-2-4-13(14(12)15)18(19)20/h2-4,11,16H,5-10H2,1H3. The van der Waals surface area contributed by atoms with Gasteiger partial charge in [0.1, 0.15) is 0 Å². The summed E-state index contributed by atoms with van der Waals surface area (Å²) in [6, 6.07) is 5.43. The van der Waals surface area contributed by atoms with E-state index in [1.165, 1.54) is 6.07 Å². The van der Waals surface area contributed by atoms with E-state index in [1.807, 2.05) is 6.07 Å². The third kappa shape index (κ3) is 4.74. The molecule has 0 radical (unpaired) electrons.